The highest BCUT2D eigenvalue weighted by atomic mass is 79.9. The first-order valence-corrected chi connectivity index (χ1v) is 8.44. The topological polar surface area (TPSA) is 64.4 Å². The van der Waals surface area contributed by atoms with Crippen LogP contribution in [0.15, 0.2) is 63.7 Å². The summed E-state index contributed by atoms with van der Waals surface area (Å²) in [5.74, 6) is -0.409. The quantitative estimate of drug-likeness (QED) is 0.610. The fourth-order valence-corrected chi connectivity index (χ4v) is 2.56. The highest BCUT2D eigenvalue weighted by Gasteiger charge is 2.30. The first kappa shape index (κ1) is 19.0. The minimum atomic E-state index is -4.74. The third-order valence-electron chi connectivity index (χ3n) is 3.53. The maximum atomic E-state index is 12.4. The number of alkyl halides is 3. The van der Waals surface area contributed by atoms with Gasteiger partial charge in [-0.15, -0.1) is 13.2 Å². The molecule has 0 atom stereocenters. The Bertz CT molecular complexity index is 922. The van der Waals surface area contributed by atoms with Crippen LogP contribution in [-0.4, -0.2) is 17.4 Å². The molecule has 0 saturated carbocycles. The molecule has 0 spiro atoms. The number of hydrogen-bond acceptors (Lipinski definition) is 4. The van der Waals surface area contributed by atoms with Crippen LogP contribution in [0, 0.1) is 0 Å². The predicted molar refractivity (Wildman–Crippen MR) is 93.9 cm³/mol. The maximum absolute atomic E-state index is 12.4. The van der Waals surface area contributed by atoms with E-state index in [0.29, 0.717) is 16.9 Å². The molecule has 9 heteroatoms. The molecule has 0 saturated heterocycles. The molecule has 3 rings (SSSR count). The average Bonchev–Trinajstić information content (AvgIpc) is 3.10. The maximum Gasteiger partial charge on any atom is 0.573 e. The Balaban J connectivity index is 1.65. The minimum Gasteiger partial charge on any atom is -0.406 e. The van der Waals surface area contributed by atoms with Gasteiger partial charge in [-0.3, -0.25) is 4.79 Å². The van der Waals surface area contributed by atoms with Crippen molar-refractivity contribution in [2.24, 2.45) is 0 Å². The van der Waals surface area contributed by atoms with Gasteiger partial charge in [0, 0.05) is 16.6 Å². The Morgan fingerprint density at radius 2 is 1.78 bits per heavy atom. The standard InChI is InChI=1S/C18H12BrF3N2O3/c19-13-5-3-12(4-6-13)16-15(10-24-27-16)17(25)23-9-11-1-7-14(8-2-11)26-18(20,21)22/h1-8,10H,9H2,(H,23,25). The van der Waals surface area contributed by atoms with E-state index in [9.17, 15) is 18.0 Å². The van der Waals surface area contributed by atoms with E-state index in [2.05, 4.69) is 31.1 Å². The third-order valence-corrected chi connectivity index (χ3v) is 4.06. The minimum absolute atomic E-state index is 0.121. The summed E-state index contributed by atoms with van der Waals surface area (Å²) in [6.07, 6.45) is -3.43. The van der Waals surface area contributed by atoms with Crippen molar-refractivity contribution in [2.45, 2.75) is 12.9 Å². The van der Waals surface area contributed by atoms with Gasteiger partial charge in [0.15, 0.2) is 5.76 Å². The van der Waals surface area contributed by atoms with Crippen molar-refractivity contribution in [3.05, 3.63) is 70.3 Å². The number of nitrogens with one attached hydrogen (secondary N) is 1. The lowest BCUT2D eigenvalue weighted by Gasteiger charge is -2.09. The average molecular weight is 441 g/mol. The lowest BCUT2D eigenvalue weighted by Crippen LogP contribution is -2.23. The Morgan fingerprint density at radius 3 is 2.41 bits per heavy atom. The highest BCUT2D eigenvalue weighted by Crippen LogP contribution is 2.25. The summed E-state index contributed by atoms with van der Waals surface area (Å²) >= 11 is 3.33. The van der Waals surface area contributed by atoms with E-state index < -0.39 is 12.3 Å². The van der Waals surface area contributed by atoms with Gasteiger partial charge in [0.25, 0.3) is 5.91 Å². The molecule has 1 amide bonds. The number of amides is 1. The number of hydrogen-bond donors (Lipinski definition) is 1. The lowest BCUT2D eigenvalue weighted by atomic mass is 10.1. The van der Waals surface area contributed by atoms with E-state index in [0.717, 1.165) is 4.47 Å². The van der Waals surface area contributed by atoms with Gasteiger partial charge in [0.05, 0.1) is 6.20 Å². The molecular formula is C18H12BrF3N2O3. The van der Waals surface area contributed by atoms with Crippen molar-refractivity contribution < 1.29 is 27.2 Å². The molecule has 1 N–H and O–H groups in total. The van der Waals surface area contributed by atoms with Gasteiger partial charge in [0.2, 0.25) is 0 Å². The van der Waals surface area contributed by atoms with Crippen LogP contribution in [0.5, 0.6) is 5.75 Å². The molecule has 0 aliphatic heterocycles. The second-order valence-electron chi connectivity index (χ2n) is 5.45. The van der Waals surface area contributed by atoms with E-state index in [4.69, 9.17) is 4.52 Å². The zero-order chi connectivity index (χ0) is 19.4. The van der Waals surface area contributed by atoms with Crippen LogP contribution in [0.4, 0.5) is 13.2 Å². The molecule has 140 valence electrons. The molecule has 0 unspecified atom stereocenters. The van der Waals surface area contributed by atoms with E-state index in [1.54, 1.807) is 12.1 Å². The molecule has 0 fully saturated rings. The molecule has 3 aromatic rings. The first-order chi connectivity index (χ1) is 12.8. The normalized spacial score (nSPS) is 11.3. The zero-order valence-corrected chi connectivity index (χ0v) is 15.2. The number of carbonyl (C=O) groups is 1. The van der Waals surface area contributed by atoms with Gasteiger partial charge >= 0.3 is 6.36 Å². The van der Waals surface area contributed by atoms with Gasteiger partial charge in [-0.2, -0.15) is 0 Å². The fourth-order valence-electron chi connectivity index (χ4n) is 2.30. The predicted octanol–water partition coefficient (Wildman–Crippen LogP) is 4.93. The lowest BCUT2D eigenvalue weighted by molar-refractivity contribution is -0.274. The molecule has 5 nitrogen and oxygen atoms in total. The van der Waals surface area contributed by atoms with Crippen molar-refractivity contribution in [3.8, 4) is 17.1 Å². The SMILES string of the molecule is O=C(NCc1ccc(OC(F)(F)F)cc1)c1cnoc1-c1ccc(Br)cc1. The molecule has 2 aromatic carbocycles. The second-order valence-corrected chi connectivity index (χ2v) is 6.37. The van der Waals surface area contributed by atoms with E-state index in [1.165, 1.54) is 30.5 Å². The Labute approximate surface area is 160 Å². The number of rotatable bonds is 5. The highest BCUT2D eigenvalue weighted by molar-refractivity contribution is 9.10. The van der Waals surface area contributed by atoms with Crippen molar-refractivity contribution in [1.29, 1.82) is 0 Å². The first-order valence-electron chi connectivity index (χ1n) is 7.65. The molecular weight excluding hydrogens is 429 g/mol. The number of carbonyl (C=O) groups excluding carboxylic acids is 1. The summed E-state index contributed by atoms with van der Waals surface area (Å²) in [6.45, 7) is 0.121. The Kier molecular flexibility index (Phi) is 5.50. The molecule has 0 radical (unpaired) electrons. The summed E-state index contributed by atoms with van der Waals surface area (Å²) in [5.41, 5.74) is 1.56. The molecule has 1 heterocycles. The smallest absolute Gasteiger partial charge is 0.406 e. The number of nitrogens with zero attached hydrogens (tertiary/aromatic N) is 1. The number of benzene rings is 2. The Hall–Kier alpha value is -2.81. The number of halogens is 4. The summed E-state index contributed by atoms with van der Waals surface area (Å²) in [5, 5.41) is 6.35. The zero-order valence-electron chi connectivity index (χ0n) is 13.6. The molecule has 1 aromatic heterocycles. The summed E-state index contributed by atoms with van der Waals surface area (Å²) in [4.78, 5) is 12.4. The largest absolute Gasteiger partial charge is 0.573 e. The second kappa shape index (κ2) is 7.83. The molecule has 0 aliphatic carbocycles. The van der Waals surface area contributed by atoms with Crippen molar-refractivity contribution in [2.75, 3.05) is 0 Å². The summed E-state index contributed by atoms with van der Waals surface area (Å²) in [7, 11) is 0. The molecule has 27 heavy (non-hydrogen) atoms. The Morgan fingerprint density at radius 1 is 1.11 bits per heavy atom. The van der Waals surface area contributed by atoms with Crippen LogP contribution in [0.1, 0.15) is 15.9 Å². The van der Waals surface area contributed by atoms with E-state index >= 15 is 0 Å². The van der Waals surface area contributed by atoms with Gasteiger partial charge in [-0.25, -0.2) is 0 Å². The molecule has 0 aliphatic rings. The van der Waals surface area contributed by atoms with Crippen LogP contribution in [-0.2, 0) is 6.54 Å². The van der Waals surface area contributed by atoms with Crippen LogP contribution < -0.4 is 10.1 Å². The van der Waals surface area contributed by atoms with Gasteiger partial charge in [-0.1, -0.05) is 33.2 Å². The fraction of sp³-hybridized carbons (Fsp3) is 0.111. The third kappa shape index (κ3) is 5.10. The van der Waals surface area contributed by atoms with Crippen molar-refractivity contribution >= 4 is 21.8 Å². The number of aromatic nitrogens is 1. The van der Waals surface area contributed by atoms with Crippen LogP contribution in [0.3, 0.4) is 0 Å². The van der Waals surface area contributed by atoms with E-state index in [-0.39, 0.29) is 17.9 Å². The van der Waals surface area contributed by atoms with Crippen LogP contribution in [0.2, 0.25) is 0 Å². The summed E-state index contributed by atoms with van der Waals surface area (Å²) in [6, 6.07) is 12.4. The van der Waals surface area contributed by atoms with Gasteiger partial charge in [-0.05, 0) is 42.0 Å². The van der Waals surface area contributed by atoms with Crippen LogP contribution in [0.25, 0.3) is 11.3 Å². The van der Waals surface area contributed by atoms with Gasteiger partial charge < -0.3 is 14.6 Å². The van der Waals surface area contributed by atoms with Crippen molar-refractivity contribution in [3.63, 3.8) is 0 Å². The van der Waals surface area contributed by atoms with E-state index in [1.807, 2.05) is 12.1 Å². The molecule has 0 bridgehead atoms. The van der Waals surface area contributed by atoms with Crippen molar-refractivity contribution in [1.82, 2.24) is 10.5 Å². The summed E-state index contributed by atoms with van der Waals surface area (Å²) < 4.78 is 46.3. The monoisotopic (exact) mass is 440 g/mol. The van der Waals surface area contributed by atoms with Gasteiger partial charge in [0.1, 0.15) is 11.3 Å². The van der Waals surface area contributed by atoms with Crippen LogP contribution >= 0.6 is 15.9 Å². The number of ether oxygens (including phenoxy) is 1.